The molecule has 3 aliphatic rings. The van der Waals surface area contributed by atoms with Gasteiger partial charge in [0.15, 0.2) is 22.8 Å². The van der Waals surface area contributed by atoms with Crippen molar-refractivity contribution >= 4 is 17.3 Å². The standard InChI is InChI=1S/C19H14N2O4/c1-9-6-13(22)15-14(7-9)25-18(21)12(8-20)19(15)16(23)10-4-2-3-5-11(10)17(19)24/h2-5,9H,6-7,21H2,1H3/t9-/m1/s1. The summed E-state index contributed by atoms with van der Waals surface area (Å²) < 4.78 is 5.51. The van der Waals surface area contributed by atoms with Crippen molar-refractivity contribution in [1.29, 1.82) is 5.26 Å². The lowest BCUT2D eigenvalue weighted by molar-refractivity contribution is -0.118. The molecule has 25 heavy (non-hydrogen) atoms. The van der Waals surface area contributed by atoms with Gasteiger partial charge in [0.25, 0.3) is 0 Å². The summed E-state index contributed by atoms with van der Waals surface area (Å²) in [6.07, 6.45) is 0.582. The predicted molar refractivity (Wildman–Crippen MR) is 85.9 cm³/mol. The van der Waals surface area contributed by atoms with Crippen LogP contribution in [0, 0.1) is 22.7 Å². The number of carbonyl (C=O) groups excluding carboxylic acids is 3. The van der Waals surface area contributed by atoms with Gasteiger partial charge in [-0.15, -0.1) is 0 Å². The first kappa shape index (κ1) is 15.3. The van der Waals surface area contributed by atoms with Gasteiger partial charge in [-0.3, -0.25) is 14.4 Å². The van der Waals surface area contributed by atoms with E-state index in [2.05, 4.69) is 0 Å². The molecule has 2 aliphatic carbocycles. The molecule has 0 radical (unpaired) electrons. The van der Waals surface area contributed by atoms with E-state index in [-0.39, 0.29) is 52.0 Å². The number of benzene rings is 1. The van der Waals surface area contributed by atoms with Crippen LogP contribution in [0.5, 0.6) is 0 Å². The zero-order valence-electron chi connectivity index (χ0n) is 13.5. The number of hydrogen-bond acceptors (Lipinski definition) is 6. The lowest BCUT2D eigenvalue weighted by atomic mass is 9.64. The molecule has 1 aliphatic heterocycles. The fraction of sp³-hybridized carbons (Fsp3) is 0.263. The highest BCUT2D eigenvalue weighted by Gasteiger charge is 2.64. The van der Waals surface area contributed by atoms with Gasteiger partial charge in [-0.05, 0) is 5.92 Å². The van der Waals surface area contributed by atoms with Crippen LogP contribution in [-0.4, -0.2) is 17.3 Å². The summed E-state index contributed by atoms with van der Waals surface area (Å²) in [6, 6.07) is 8.19. The predicted octanol–water partition coefficient (Wildman–Crippen LogP) is 2.03. The number of nitrogens with zero attached hydrogens (tertiary/aromatic N) is 1. The summed E-state index contributed by atoms with van der Waals surface area (Å²) in [5, 5.41) is 9.62. The lowest BCUT2D eigenvalue weighted by Gasteiger charge is -2.37. The Morgan fingerprint density at radius 2 is 1.76 bits per heavy atom. The molecule has 4 rings (SSSR count). The average Bonchev–Trinajstić information content (AvgIpc) is 2.78. The molecule has 124 valence electrons. The quantitative estimate of drug-likeness (QED) is 0.727. The van der Waals surface area contributed by atoms with Gasteiger partial charge in [0.2, 0.25) is 5.88 Å². The summed E-state index contributed by atoms with van der Waals surface area (Å²) in [7, 11) is 0. The Morgan fingerprint density at radius 1 is 1.16 bits per heavy atom. The Morgan fingerprint density at radius 3 is 2.32 bits per heavy atom. The zero-order valence-corrected chi connectivity index (χ0v) is 13.5. The number of allylic oxidation sites excluding steroid dienone is 3. The van der Waals surface area contributed by atoms with Gasteiger partial charge in [-0.2, -0.15) is 5.26 Å². The van der Waals surface area contributed by atoms with E-state index in [4.69, 9.17) is 10.5 Å². The minimum atomic E-state index is -1.99. The summed E-state index contributed by atoms with van der Waals surface area (Å²) in [6.45, 7) is 1.88. The molecule has 0 aromatic heterocycles. The molecule has 0 saturated heterocycles. The van der Waals surface area contributed by atoms with Crippen molar-refractivity contribution in [1.82, 2.24) is 0 Å². The van der Waals surface area contributed by atoms with Crippen LogP contribution in [0.1, 0.15) is 40.5 Å². The Kier molecular flexibility index (Phi) is 3.00. The van der Waals surface area contributed by atoms with E-state index in [1.165, 1.54) is 12.1 Å². The van der Waals surface area contributed by atoms with E-state index < -0.39 is 17.0 Å². The molecule has 1 heterocycles. The molecule has 1 aromatic carbocycles. The second-order valence-electron chi connectivity index (χ2n) is 6.64. The van der Waals surface area contributed by atoms with Crippen molar-refractivity contribution in [2.24, 2.45) is 17.1 Å². The highest BCUT2D eigenvalue weighted by Crippen LogP contribution is 2.54. The summed E-state index contributed by atoms with van der Waals surface area (Å²) in [5.74, 6) is -1.54. The van der Waals surface area contributed by atoms with E-state index >= 15 is 0 Å². The summed E-state index contributed by atoms with van der Waals surface area (Å²) >= 11 is 0. The third-order valence-electron chi connectivity index (χ3n) is 5.06. The van der Waals surface area contributed by atoms with Crippen molar-refractivity contribution in [2.75, 3.05) is 0 Å². The lowest BCUT2D eigenvalue weighted by Crippen LogP contribution is -2.46. The molecule has 2 N–H and O–H groups in total. The highest BCUT2D eigenvalue weighted by atomic mass is 16.5. The van der Waals surface area contributed by atoms with Crippen molar-refractivity contribution in [2.45, 2.75) is 19.8 Å². The number of Topliss-reactive ketones (excluding diaryl/α,β-unsaturated/α-hetero) is 3. The zero-order chi connectivity index (χ0) is 17.9. The maximum absolute atomic E-state index is 13.3. The van der Waals surface area contributed by atoms with Gasteiger partial charge in [-0.1, -0.05) is 31.2 Å². The number of ether oxygens (including phenoxy) is 1. The van der Waals surface area contributed by atoms with Crippen LogP contribution < -0.4 is 5.73 Å². The maximum Gasteiger partial charge on any atom is 0.206 e. The Hall–Kier alpha value is -3.20. The molecule has 0 amide bonds. The molecular formula is C19H14N2O4. The van der Waals surface area contributed by atoms with Crippen LogP contribution in [0.3, 0.4) is 0 Å². The normalized spacial score (nSPS) is 24.2. The second kappa shape index (κ2) is 4.90. The third kappa shape index (κ3) is 1.70. The summed E-state index contributed by atoms with van der Waals surface area (Å²) in [4.78, 5) is 39.3. The molecule has 1 atom stereocenters. The molecule has 1 aromatic rings. The number of ketones is 3. The minimum absolute atomic E-state index is 0.00807. The molecule has 0 fully saturated rings. The smallest absolute Gasteiger partial charge is 0.206 e. The maximum atomic E-state index is 13.3. The third-order valence-corrected chi connectivity index (χ3v) is 5.06. The first-order valence-corrected chi connectivity index (χ1v) is 7.96. The summed E-state index contributed by atoms with van der Waals surface area (Å²) in [5.41, 5.74) is 3.99. The number of nitriles is 1. The van der Waals surface area contributed by atoms with Gasteiger partial charge in [0.1, 0.15) is 17.4 Å². The van der Waals surface area contributed by atoms with Crippen LogP contribution in [0.15, 0.2) is 47.1 Å². The minimum Gasteiger partial charge on any atom is -0.444 e. The van der Waals surface area contributed by atoms with Crippen molar-refractivity contribution in [3.63, 3.8) is 0 Å². The molecule has 0 unspecified atom stereocenters. The van der Waals surface area contributed by atoms with E-state index in [0.29, 0.717) is 6.42 Å². The topological polar surface area (TPSA) is 110 Å². The number of hydrogen-bond donors (Lipinski definition) is 1. The fourth-order valence-corrected chi connectivity index (χ4v) is 4.05. The van der Waals surface area contributed by atoms with E-state index in [1.54, 1.807) is 12.1 Å². The SMILES string of the molecule is C[C@@H]1CC(=O)C2=C(C1)OC(N)=C(C#N)C21C(=O)c2ccccc2C1=O. The first-order chi connectivity index (χ1) is 11.9. The van der Waals surface area contributed by atoms with Gasteiger partial charge in [0, 0.05) is 24.0 Å². The Bertz CT molecular complexity index is 942. The van der Waals surface area contributed by atoms with Crippen LogP contribution in [0.25, 0.3) is 0 Å². The number of fused-ring (bicyclic) bond motifs is 2. The monoisotopic (exact) mass is 334 g/mol. The Balaban J connectivity index is 2.08. The van der Waals surface area contributed by atoms with Gasteiger partial charge in [0.05, 0.1) is 5.57 Å². The first-order valence-electron chi connectivity index (χ1n) is 7.96. The molecule has 1 spiro atoms. The molecule has 6 heteroatoms. The van der Waals surface area contributed by atoms with Gasteiger partial charge in [-0.25, -0.2) is 0 Å². The molecular weight excluding hydrogens is 320 g/mol. The fourth-order valence-electron chi connectivity index (χ4n) is 4.05. The van der Waals surface area contributed by atoms with Crippen molar-refractivity contribution < 1.29 is 19.1 Å². The van der Waals surface area contributed by atoms with Crippen LogP contribution >= 0.6 is 0 Å². The van der Waals surface area contributed by atoms with Crippen molar-refractivity contribution in [3.8, 4) is 6.07 Å². The van der Waals surface area contributed by atoms with E-state index in [0.717, 1.165) is 0 Å². The highest BCUT2D eigenvalue weighted by molar-refractivity contribution is 6.36. The van der Waals surface area contributed by atoms with Crippen LogP contribution in [-0.2, 0) is 9.53 Å². The number of nitrogens with two attached hydrogens (primary N) is 1. The molecule has 6 nitrogen and oxygen atoms in total. The van der Waals surface area contributed by atoms with Gasteiger partial charge < -0.3 is 10.5 Å². The largest absolute Gasteiger partial charge is 0.444 e. The number of rotatable bonds is 0. The van der Waals surface area contributed by atoms with Gasteiger partial charge >= 0.3 is 0 Å². The van der Waals surface area contributed by atoms with Crippen LogP contribution in [0.2, 0.25) is 0 Å². The van der Waals surface area contributed by atoms with E-state index in [1.807, 2.05) is 13.0 Å². The van der Waals surface area contributed by atoms with Crippen LogP contribution in [0.4, 0.5) is 0 Å². The van der Waals surface area contributed by atoms with E-state index in [9.17, 15) is 19.6 Å². The molecule has 0 bridgehead atoms. The Labute approximate surface area is 143 Å². The average molecular weight is 334 g/mol. The second-order valence-corrected chi connectivity index (χ2v) is 6.64. The van der Waals surface area contributed by atoms with Crippen molar-refractivity contribution in [3.05, 3.63) is 58.2 Å². The molecule has 0 saturated carbocycles. The number of carbonyl (C=O) groups is 3.